The van der Waals surface area contributed by atoms with Crippen LogP contribution in [-0.4, -0.2) is 71.0 Å². The van der Waals surface area contributed by atoms with Crippen LogP contribution >= 0.6 is 0 Å². The number of nitrogens with zero attached hydrogens (tertiary/aromatic N) is 1. The molecule has 0 spiro atoms. The van der Waals surface area contributed by atoms with Crippen molar-refractivity contribution in [1.82, 2.24) is 15.5 Å². The van der Waals surface area contributed by atoms with Crippen molar-refractivity contribution in [2.75, 3.05) is 13.1 Å². The fraction of sp³-hybridized carbons (Fsp3) is 0.818. The molecule has 5 unspecified atom stereocenters. The van der Waals surface area contributed by atoms with Gasteiger partial charge in [-0.3, -0.25) is 14.4 Å². The molecule has 0 saturated carbocycles. The van der Waals surface area contributed by atoms with Crippen LogP contribution < -0.4 is 22.1 Å². The van der Waals surface area contributed by atoms with Crippen molar-refractivity contribution in [3.63, 3.8) is 0 Å². The number of hydrogen-bond acceptors (Lipinski definition) is 6. The van der Waals surface area contributed by atoms with E-state index in [-0.39, 0.29) is 24.2 Å². The Morgan fingerprint density at radius 2 is 1.78 bits per heavy atom. The molecule has 1 rings (SSSR count). The van der Waals surface area contributed by atoms with E-state index in [0.717, 1.165) is 6.42 Å². The molecule has 1 aliphatic heterocycles. The molecule has 0 radical (unpaired) electrons. The van der Waals surface area contributed by atoms with Crippen LogP contribution in [0.15, 0.2) is 0 Å². The minimum Gasteiger partial charge on any atom is -0.480 e. The van der Waals surface area contributed by atoms with Crippen LogP contribution in [0.5, 0.6) is 0 Å². The quantitative estimate of drug-likeness (QED) is 0.247. The minimum absolute atomic E-state index is 0.0320. The predicted molar refractivity (Wildman–Crippen MR) is 121 cm³/mol. The van der Waals surface area contributed by atoms with E-state index in [1.807, 2.05) is 27.7 Å². The van der Waals surface area contributed by atoms with Gasteiger partial charge in [0.1, 0.15) is 18.1 Å². The number of carboxylic acid groups (broad SMARTS) is 1. The van der Waals surface area contributed by atoms with E-state index >= 15 is 0 Å². The van der Waals surface area contributed by atoms with Crippen molar-refractivity contribution in [2.24, 2.45) is 23.3 Å². The first-order chi connectivity index (χ1) is 15.0. The van der Waals surface area contributed by atoms with E-state index in [0.29, 0.717) is 38.8 Å². The molecular formula is C22H41N5O5. The van der Waals surface area contributed by atoms with E-state index < -0.39 is 42.0 Å². The lowest BCUT2D eigenvalue weighted by molar-refractivity contribution is -0.145. The predicted octanol–water partition coefficient (Wildman–Crippen LogP) is 0.190. The van der Waals surface area contributed by atoms with Crippen LogP contribution in [-0.2, 0) is 19.2 Å². The number of amides is 3. The van der Waals surface area contributed by atoms with Crippen LogP contribution in [0, 0.1) is 11.8 Å². The average Bonchev–Trinajstić information content (AvgIpc) is 3.24. The summed E-state index contributed by atoms with van der Waals surface area (Å²) in [5.74, 6) is -2.58. The maximum Gasteiger partial charge on any atom is 0.326 e. The Bertz CT molecular complexity index is 657. The molecule has 1 aliphatic rings. The third-order valence-corrected chi connectivity index (χ3v) is 6.19. The summed E-state index contributed by atoms with van der Waals surface area (Å²) in [5.41, 5.74) is 11.5. The van der Waals surface area contributed by atoms with Gasteiger partial charge in [0.2, 0.25) is 17.7 Å². The summed E-state index contributed by atoms with van der Waals surface area (Å²) in [4.78, 5) is 51.7. The third-order valence-electron chi connectivity index (χ3n) is 6.19. The molecule has 0 aromatic rings. The smallest absolute Gasteiger partial charge is 0.326 e. The second kappa shape index (κ2) is 13.4. The van der Waals surface area contributed by atoms with Gasteiger partial charge in [0.15, 0.2) is 0 Å². The van der Waals surface area contributed by atoms with Gasteiger partial charge < -0.3 is 32.1 Å². The van der Waals surface area contributed by atoms with Gasteiger partial charge in [-0.05, 0) is 50.5 Å². The zero-order valence-electron chi connectivity index (χ0n) is 19.8. The first-order valence-electron chi connectivity index (χ1n) is 11.6. The van der Waals surface area contributed by atoms with Crippen molar-refractivity contribution in [3.8, 4) is 0 Å². The van der Waals surface area contributed by atoms with Crippen LogP contribution in [0.4, 0.5) is 0 Å². The van der Waals surface area contributed by atoms with Crippen molar-refractivity contribution >= 4 is 23.7 Å². The summed E-state index contributed by atoms with van der Waals surface area (Å²) in [7, 11) is 0. The van der Waals surface area contributed by atoms with E-state index in [2.05, 4.69) is 10.6 Å². The fourth-order valence-corrected chi connectivity index (χ4v) is 3.78. The molecule has 184 valence electrons. The Morgan fingerprint density at radius 1 is 1.12 bits per heavy atom. The van der Waals surface area contributed by atoms with E-state index in [4.69, 9.17) is 11.5 Å². The lowest BCUT2D eigenvalue weighted by Crippen LogP contribution is -2.58. The maximum atomic E-state index is 13.3. The van der Waals surface area contributed by atoms with Crippen LogP contribution in [0.2, 0.25) is 0 Å². The first kappa shape index (κ1) is 27.8. The Balaban J connectivity index is 2.89. The maximum absolute atomic E-state index is 13.3. The van der Waals surface area contributed by atoms with Crippen LogP contribution in [0.25, 0.3) is 0 Å². The molecule has 1 heterocycles. The van der Waals surface area contributed by atoms with Gasteiger partial charge in [-0.1, -0.05) is 34.1 Å². The molecule has 10 heteroatoms. The topological polar surface area (TPSA) is 168 Å². The summed E-state index contributed by atoms with van der Waals surface area (Å²) < 4.78 is 0. The zero-order valence-corrected chi connectivity index (χ0v) is 19.8. The van der Waals surface area contributed by atoms with Gasteiger partial charge in [-0.2, -0.15) is 0 Å². The van der Waals surface area contributed by atoms with Gasteiger partial charge in [0.05, 0.1) is 6.04 Å². The van der Waals surface area contributed by atoms with Crippen molar-refractivity contribution in [2.45, 2.75) is 90.4 Å². The standard InChI is InChI=1S/C22H41N5O5/c1-5-14(4)17(24)20(29)26-18(13(2)3)21(30)27-12-8-10-16(27)19(28)25-15(22(31)32)9-6-7-11-23/h13-18H,5-12,23-24H2,1-4H3,(H,25,28)(H,26,29)(H,31,32). The summed E-state index contributed by atoms with van der Waals surface area (Å²) in [6.45, 7) is 8.29. The number of hydrogen-bond donors (Lipinski definition) is 5. The van der Waals surface area contributed by atoms with Crippen molar-refractivity contribution < 1.29 is 24.3 Å². The first-order valence-corrected chi connectivity index (χ1v) is 11.6. The average molecular weight is 456 g/mol. The van der Waals surface area contributed by atoms with E-state index in [1.54, 1.807) is 0 Å². The highest BCUT2D eigenvalue weighted by Crippen LogP contribution is 2.21. The lowest BCUT2D eigenvalue weighted by Gasteiger charge is -2.32. The molecule has 3 amide bonds. The Hall–Kier alpha value is -2.20. The fourth-order valence-electron chi connectivity index (χ4n) is 3.78. The Labute approximate surface area is 190 Å². The molecular weight excluding hydrogens is 414 g/mol. The van der Waals surface area contributed by atoms with Crippen molar-refractivity contribution in [1.29, 1.82) is 0 Å². The van der Waals surface area contributed by atoms with E-state index in [9.17, 15) is 24.3 Å². The monoisotopic (exact) mass is 455 g/mol. The normalized spacial score (nSPS) is 19.8. The van der Waals surface area contributed by atoms with Gasteiger partial charge in [-0.15, -0.1) is 0 Å². The molecule has 0 aliphatic carbocycles. The summed E-state index contributed by atoms with van der Waals surface area (Å²) >= 11 is 0. The molecule has 7 N–H and O–H groups in total. The van der Waals surface area contributed by atoms with E-state index in [1.165, 1.54) is 4.90 Å². The number of carbonyl (C=O) groups excluding carboxylic acids is 3. The molecule has 0 bridgehead atoms. The van der Waals surface area contributed by atoms with Gasteiger partial charge in [-0.25, -0.2) is 4.79 Å². The highest BCUT2D eigenvalue weighted by Gasteiger charge is 2.40. The molecule has 5 atom stereocenters. The van der Waals surface area contributed by atoms with Gasteiger partial charge in [0.25, 0.3) is 0 Å². The molecule has 0 aromatic carbocycles. The number of carboxylic acids is 1. The molecule has 1 fully saturated rings. The highest BCUT2D eigenvalue weighted by atomic mass is 16.4. The van der Waals surface area contributed by atoms with Gasteiger partial charge in [0, 0.05) is 6.54 Å². The number of aliphatic carboxylic acids is 1. The zero-order chi connectivity index (χ0) is 24.4. The summed E-state index contributed by atoms with van der Waals surface area (Å²) in [6.07, 6.45) is 3.33. The molecule has 10 nitrogen and oxygen atoms in total. The SMILES string of the molecule is CCC(C)C(N)C(=O)NC(C(=O)N1CCCC1C(=O)NC(CCCCN)C(=O)O)C(C)C. The number of likely N-dealkylation sites (tertiary alicyclic amines) is 1. The van der Waals surface area contributed by atoms with Gasteiger partial charge >= 0.3 is 5.97 Å². The molecule has 32 heavy (non-hydrogen) atoms. The number of unbranched alkanes of at least 4 members (excludes halogenated alkanes) is 1. The second-order valence-electron chi connectivity index (χ2n) is 9.02. The summed E-state index contributed by atoms with van der Waals surface area (Å²) in [6, 6.07) is -3.33. The lowest BCUT2D eigenvalue weighted by atomic mass is 9.97. The Kier molecular flexibility index (Phi) is 11.6. The third kappa shape index (κ3) is 7.74. The van der Waals surface area contributed by atoms with Crippen molar-refractivity contribution in [3.05, 3.63) is 0 Å². The highest BCUT2D eigenvalue weighted by molar-refractivity contribution is 5.94. The van der Waals surface area contributed by atoms with Crippen LogP contribution in [0.3, 0.4) is 0 Å². The second-order valence-corrected chi connectivity index (χ2v) is 9.02. The Morgan fingerprint density at radius 3 is 2.31 bits per heavy atom. The largest absolute Gasteiger partial charge is 0.480 e. The number of rotatable bonds is 13. The number of nitrogens with one attached hydrogen (secondary N) is 2. The molecule has 1 saturated heterocycles. The molecule has 0 aromatic heterocycles. The minimum atomic E-state index is -1.11. The van der Waals surface area contributed by atoms with Crippen LogP contribution in [0.1, 0.15) is 66.2 Å². The number of carbonyl (C=O) groups is 4. The number of nitrogens with two attached hydrogens (primary N) is 2. The summed E-state index contributed by atoms with van der Waals surface area (Å²) in [5, 5.41) is 14.8.